The van der Waals surface area contributed by atoms with Crippen molar-refractivity contribution in [2.75, 3.05) is 18.5 Å². The average molecular weight is 342 g/mol. The van der Waals surface area contributed by atoms with Gasteiger partial charge in [-0.25, -0.2) is 9.97 Å². The number of nitrogens with zero attached hydrogens (tertiary/aromatic N) is 3. The molecular formula is C17H18N4O2S. The van der Waals surface area contributed by atoms with Crippen molar-refractivity contribution in [1.82, 2.24) is 9.97 Å². The van der Waals surface area contributed by atoms with Crippen LogP contribution in [0, 0.1) is 11.3 Å². The Kier molecular flexibility index (Phi) is 5.51. The highest BCUT2D eigenvalue weighted by molar-refractivity contribution is 7.84. The zero-order valence-electron chi connectivity index (χ0n) is 13.1. The molecule has 1 fully saturated rings. The van der Waals surface area contributed by atoms with Crippen molar-refractivity contribution in [3.8, 4) is 6.07 Å². The molecule has 124 valence electrons. The van der Waals surface area contributed by atoms with Gasteiger partial charge >= 0.3 is 0 Å². The quantitative estimate of drug-likeness (QED) is 0.898. The van der Waals surface area contributed by atoms with E-state index in [1.165, 1.54) is 12.4 Å². The lowest BCUT2D eigenvalue weighted by Gasteiger charge is -2.21. The third-order valence-corrected chi connectivity index (χ3v) is 5.68. The number of aromatic nitrogens is 2. The molecule has 1 aromatic carbocycles. The SMILES string of the molecule is N#Cc1nccnc1Nc1cccc(CS(=O)C2CCOCC2)c1. The van der Waals surface area contributed by atoms with E-state index in [4.69, 9.17) is 10.00 Å². The Morgan fingerprint density at radius 2 is 2.08 bits per heavy atom. The maximum absolute atomic E-state index is 12.5. The van der Waals surface area contributed by atoms with E-state index in [1.54, 1.807) is 0 Å². The first kappa shape index (κ1) is 16.6. The van der Waals surface area contributed by atoms with Crippen molar-refractivity contribution in [2.45, 2.75) is 23.8 Å². The van der Waals surface area contributed by atoms with Gasteiger partial charge in [0.25, 0.3) is 0 Å². The number of benzene rings is 1. The smallest absolute Gasteiger partial charge is 0.183 e. The molecule has 1 N–H and O–H groups in total. The Labute approximate surface area is 143 Å². The molecule has 0 aliphatic carbocycles. The molecule has 1 unspecified atom stereocenters. The highest BCUT2D eigenvalue weighted by Gasteiger charge is 2.20. The molecule has 2 heterocycles. The van der Waals surface area contributed by atoms with Gasteiger partial charge in [-0.15, -0.1) is 0 Å². The summed E-state index contributed by atoms with van der Waals surface area (Å²) in [5.41, 5.74) is 2.04. The fraction of sp³-hybridized carbons (Fsp3) is 0.353. The molecule has 1 aliphatic rings. The van der Waals surface area contributed by atoms with Crippen molar-refractivity contribution < 1.29 is 8.95 Å². The van der Waals surface area contributed by atoms with Gasteiger partial charge in [0.1, 0.15) is 6.07 Å². The second-order valence-corrected chi connectivity index (χ2v) is 7.24. The lowest BCUT2D eigenvalue weighted by atomic mass is 10.2. The van der Waals surface area contributed by atoms with Gasteiger partial charge in [-0.2, -0.15) is 5.26 Å². The van der Waals surface area contributed by atoms with E-state index in [0.717, 1.165) is 24.1 Å². The second kappa shape index (κ2) is 7.99. The van der Waals surface area contributed by atoms with Crippen LogP contribution >= 0.6 is 0 Å². The Morgan fingerprint density at radius 1 is 1.29 bits per heavy atom. The minimum atomic E-state index is -0.906. The number of rotatable bonds is 5. The summed E-state index contributed by atoms with van der Waals surface area (Å²) in [6.07, 6.45) is 4.73. The number of anilines is 2. The van der Waals surface area contributed by atoms with Crippen LogP contribution in [0.4, 0.5) is 11.5 Å². The molecule has 6 nitrogen and oxygen atoms in total. The maximum atomic E-state index is 12.5. The zero-order valence-corrected chi connectivity index (χ0v) is 14.0. The van der Waals surface area contributed by atoms with Gasteiger partial charge in [0.05, 0.1) is 0 Å². The second-order valence-electron chi connectivity index (χ2n) is 5.53. The van der Waals surface area contributed by atoms with E-state index in [0.29, 0.717) is 24.8 Å². The first-order valence-corrected chi connectivity index (χ1v) is 9.16. The molecule has 1 saturated heterocycles. The molecule has 7 heteroatoms. The van der Waals surface area contributed by atoms with E-state index < -0.39 is 10.8 Å². The number of nitriles is 1. The normalized spacial score (nSPS) is 16.3. The van der Waals surface area contributed by atoms with Crippen LogP contribution in [0.2, 0.25) is 0 Å². The molecule has 0 radical (unpaired) electrons. The minimum Gasteiger partial charge on any atom is -0.381 e. The monoisotopic (exact) mass is 342 g/mol. The summed E-state index contributed by atoms with van der Waals surface area (Å²) in [5.74, 6) is 0.939. The van der Waals surface area contributed by atoms with Crippen molar-refractivity contribution >= 4 is 22.3 Å². The summed E-state index contributed by atoms with van der Waals surface area (Å²) in [6, 6.07) is 9.70. The maximum Gasteiger partial charge on any atom is 0.183 e. The third kappa shape index (κ3) is 4.16. The lowest BCUT2D eigenvalue weighted by molar-refractivity contribution is 0.0992. The first-order chi connectivity index (χ1) is 11.8. The minimum absolute atomic E-state index is 0.209. The largest absolute Gasteiger partial charge is 0.381 e. The Balaban J connectivity index is 1.70. The number of hydrogen-bond acceptors (Lipinski definition) is 6. The van der Waals surface area contributed by atoms with E-state index in [-0.39, 0.29) is 10.9 Å². The van der Waals surface area contributed by atoms with Crippen molar-refractivity contribution in [1.29, 1.82) is 5.26 Å². The zero-order chi connectivity index (χ0) is 16.8. The van der Waals surface area contributed by atoms with Crippen LogP contribution < -0.4 is 5.32 Å². The molecule has 1 aliphatic heterocycles. The molecule has 0 bridgehead atoms. The van der Waals surface area contributed by atoms with Gasteiger partial charge < -0.3 is 10.1 Å². The van der Waals surface area contributed by atoms with Gasteiger partial charge in [-0.3, -0.25) is 4.21 Å². The summed E-state index contributed by atoms with van der Waals surface area (Å²) in [5, 5.41) is 12.4. The molecule has 0 amide bonds. The first-order valence-electron chi connectivity index (χ1n) is 7.78. The van der Waals surface area contributed by atoms with E-state index >= 15 is 0 Å². The van der Waals surface area contributed by atoms with Crippen LogP contribution in [-0.4, -0.2) is 32.6 Å². The summed E-state index contributed by atoms with van der Waals surface area (Å²) in [6.45, 7) is 1.39. The molecule has 1 atom stereocenters. The fourth-order valence-corrected chi connectivity index (χ4v) is 4.07. The molecule has 2 aromatic rings. The van der Waals surface area contributed by atoms with Crippen LogP contribution in [0.25, 0.3) is 0 Å². The number of hydrogen-bond donors (Lipinski definition) is 1. The molecule has 0 saturated carbocycles. The van der Waals surface area contributed by atoms with E-state index in [9.17, 15) is 4.21 Å². The topological polar surface area (TPSA) is 87.9 Å². The molecule has 3 rings (SSSR count). The van der Waals surface area contributed by atoms with Crippen LogP contribution in [0.3, 0.4) is 0 Å². The predicted octanol–water partition coefficient (Wildman–Crippen LogP) is 2.52. The Morgan fingerprint density at radius 3 is 2.88 bits per heavy atom. The van der Waals surface area contributed by atoms with Gasteiger partial charge in [-0.05, 0) is 30.5 Å². The molecule has 24 heavy (non-hydrogen) atoms. The van der Waals surface area contributed by atoms with Gasteiger partial charge in [-0.1, -0.05) is 12.1 Å². The van der Waals surface area contributed by atoms with Crippen LogP contribution in [0.5, 0.6) is 0 Å². The Hall–Kier alpha value is -2.30. The van der Waals surface area contributed by atoms with Gasteiger partial charge in [0.2, 0.25) is 0 Å². The molecule has 1 aromatic heterocycles. The summed E-state index contributed by atoms with van der Waals surface area (Å²) in [4.78, 5) is 8.12. The third-order valence-electron chi connectivity index (χ3n) is 3.84. The highest BCUT2D eigenvalue weighted by Crippen LogP contribution is 2.21. The van der Waals surface area contributed by atoms with Crippen molar-refractivity contribution in [3.63, 3.8) is 0 Å². The number of ether oxygens (including phenoxy) is 1. The molecular weight excluding hydrogens is 324 g/mol. The summed E-state index contributed by atoms with van der Waals surface area (Å²) < 4.78 is 17.8. The molecule has 0 spiro atoms. The number of nitrogens with one attached hydrogen (secondary N) is 1. The average Bonchev–Trinajstić information content (AvgIpc) is 2.63. The van der Waals surface area contributed by atoms with Crippen LogP contribution in [-0.2, 0) is 21.3 Å². The van der Waals surface area contributed by atoms with Crippen molar-refractivity contribution in [2.24, 2.45) is 0 Å². The lowest BCUT2D eigenvalue weighted by Crippen LogP contribution is -2.25. The van der Waals surface area contributed by atoms with Gasteiger partial charge in [0, 0.05) is 53.1 Å². The summed E-state index contributed by atoms with van der Waals surface area (Å²) in [7, 11) is -0.906. The van der Waals surface area contributed by atoms with Crippen LogP contribution in [0.15, 0.2) is 36.7 Å². The summed E-state index contributed by atoms with van der Waals surface area (Å²) >= 11 is 0. The predicted molar refractivity (Wildman–Crippen MR) is 92.2 cm³/mol. The van der Waals surface area contributed by atoms with E-state index in [1.807, 2.05) is 30.3 Å². The standard InChI is InChI=1S/C17H18N4O2S/c18-11-16-17(20-7-6-19-16)21-14-3-1-2-13(10-14)12-24(22)15-4-8-23-9-5-15/h1-3,6-7,10,15H,4-5,8-9,12H2,(H,20,21). The van der Waals surface area contributed by atoms with Gasteiger partial charge in [0.15, 0.2) is 11.5 Å². The van der Waals surface area contributed by atoms with E-state index in [2.05, 4.69) is 15.3 Å². The Bertz CT molecular complexity index is 769. The highest BCUT2D eigenvalue weighted by atomic mass is 32.2. The van der Waals surface area contributed by atoms with Crippen LogP contribution in [0.1, 0.15) is 24.1 Å². The fourth-order valence-electron chi connectivity index (χ4n) is 2.61. The van der Waals surface area contributed by atoms with Crippen molar-refractivity contribution in [3.05, 3.63) is 47.9 Å².